The number of nitrogens with zero attached hydrogens (tertiary/aromatic N) is 2. The second kappa shape index (κ2) is 7.32. The summed E-state index contributed by atoms with van der Waals surface area (Å²) in [5.41, 5.74) is 2.36. The summed E-state index contributed by atoms with van der Waals surface area (Å²) in [5, 5.41) is 5.78. The largest absolute Gasteiger partial charge is 0.354 e. The molecule has 2 aromatic heterocycles. The molecule has 1 aromatic carbocycles. The third-order valence-electron chi connectivity index (χ3n) is 3.27. The number of hydrogen-bond acceptors (Lipinski definition) is 4. The normalized spacial score (nSPS) is 10.2. The molecule has 0 aliphatic carbocycles. The lowest BCUT2D eigenvalue weighted by molar-refractivity contribution is 0.0945. The van der Waals surface area contributed by atoms with Crippen LogP contribution in [0.25, 0.3) is 0 Å². The Kier molecular flexibility index (Phi) is 4.76. The van der Waals surface area contributed by atoms with Crippen LogP contribution in [0.4, 0.5) is 15.8 Å². The molecule has 0 aliphatic rings. The molecule has 0 saturated carbocycles. The average Bonchev–Trinajstić information content (AvgIpc) is 2.61. The van der Waals surface area contributed by atoms with Gasteiger partial charge in [0.2, 0.25) is 0 Å². The molecule has 2 N–H and O–H groups in total. The van der Waals surface area contributed by atoms with Crippen molar-refractivity contribution in [2.45, 2.75) is 6.54 Å². The number of carbonyl (C=O) groups excluding carboxylic acids is 1. The van der Waals surface area contributed by atoms with Crippen molar-refractivity contribution in [3.8, 4) is 0 Å². The van der Waals surface area contributed by atoms with Crippen molar-refractivity contribution in [2.75, 3.05) is 5.32 Å². The van der Waals surface area contributed by atoms with Gasteiger partial charge in [0.05, 0.1) is 24.1 Å². The highest BCUT2D eigenvalue weighted by Gasteiger charge is 2.07. The van der Waals surface area contributed by atoms with E-state index >= 15 is 0 Å². The van der Waals surface area contributed by atoms with Gasteiger partial charge >= 0.3 is 0 Å². The number of amides is 1. The van der Waals surface area contributed by atoms with Crippen LogP contribution in [0.1, 0.15) is 16.2 Å². The van der Waals surface area contributed by atoms with Crippen molar-refractivity contribution in [1.82, 2.24) is 15.3 Å². The van der Waals surface area contributed by atoms with E-state index in [1.54, 1.807) is 30.5 Å². The molecule has 6 heteroatoms. The zero-order chi connectivity index (χ0) is 16.8. The molecule has 5 nitrogen and oxygen atoms in total. The van der Waals surface area contributed by atoms with Gasteiger partial charge in [0, 0.05) is 11.9 Å². The summed E-state index contributed by atoms with van der Waals surface area (Å²) in [5.74, 6) is -0.601. The summed E-state index contributed by atoms with van der Waals surface area (Å²) in [6, 6.07) is 15.0. The fourth-order valence-electron chi connectivity index (χ4n) is 2.10. The minimum Gasteiger partial charge on any atom is -0.354 e. The van der Waals surface area contributed by atoms with Gasteiger partial charge in [-0.2, -0.15) is 0 Å². The number of pyridine rings is 2. The fraction of sp³-hybridized carbons (Fsp3) is 0.0556. The van der Waals surface area contributed by atoms with Crippen molar-refractivity contribution >= 4 is 17.3 Å². The second-order valence-electron chi connectivity index (χ2n) is 5.07. The SMILES string of the molecule is O=C(NCc1ccccn1)c1ccc(Nc2cccc(F)c2)cn1. The topological polar surface area (TPSA) is 66.9 Å². The van der Waals surface area contributed by atoms with Crippen LogP contribution in [0.2, 0.25) is 0 Å². The highest BCUT2D eigenvalue weighted by molar-refractivity contribution is 5.92. The molecule has 3 aromatic rings. The number of anilines is 2. The molecular weight excluding hydrogens is 307 g/mol. The smallest absolute Gasteiger partial charge is 0.270 e. The van der Waals surface area contributed by atoms with E-state index < -0.39 is 0 Å². The number of halogens is 1. The monoisotopic (exact) mass is 322 g/mol. The van der Waals surface area contributed by atoms with Crippen molar-refractivity contribution in [2.24, 2.45) is 0 Å². The quantitative estimate of drug-likeness (QED) is 0.756. The first-order valence-corrected chi connectivity index (χ1v) is 7.37. The Labute approximate surface area is 138 Å². The number of rotatable bonds is 5. The van der Waals surface area contributed by atoms with Crippen LogP contribution in [0.5, 0.6) is 0 Å². The maximum absolute atomic E-state index is 13.2. The standard InChI is InChI=1S/C18H15FN4O/c19-13-4-3-6-14(10-13)23-16-7-8-17(21-12-16)18(24)22-11-15-5-1-2-9-20-15/h1-10,12,23H,11H2,(H,22,24). The Morgan fingerprint density at radius 1 is 1.00 bits per heavy atom. The molecule has 3 rings (SSSR count). The molecule has 1 amide bonds. The molecule has 0 fully saturated rings. The van der Waals surface area contributed by atoms with E-state index in [0.29, 0.717) is 23.6 Å². The first-order valence-electron chi connectivity index (χ1n) is 7.37. The Bertz CT molecular complexity index is 822. The van der Waals surface area contributed by atoms with Crippen LogP contribution in [0.15, 0.2) is 67.0 Å². The number of carbonyl (C=O) groups is 1. The lowest BCUT2D eigenvalue weighted by Gasteiger charge is -2.07. The van der Waals surface area contributed by atoms with Gasteiger partial charge in [0.15, 0.2) is 0 Å². The van der Waals surface area contributed by atoms with Gasteiger partial charge in [-0.25, -0.2) is 9.37 Å². The van der Waals surface area contributed by atoms with Crippen LogP contribution in [-0.2, 0) is 6.54 Å². The average molecular weight is 322 g/mol. The van der Waals surface area contributed by atoms with Gasteiger partial charge in [-0.15, -0.1) is 0 Å². The highest BCUT2D eigenvalue weighted by atomic mass is 19.1. The zero-order valence-corrected chi connectivity index (χ0v) is 12.7. The van der Waals surface area contributed by atoms with Crippen LogP contribution in [0.3, 0.4) is 0 Å². The van der Waals surface area contributed by atoms with Gasteiger partial charge in [0.1, 0.15) is 11.5 Å². The Morgan fingerprint density at radius 3 is 2.62 bits per heavy atom. The predicted octanol–water partition coefficient (Wildman–Crippen LogP) is 3.29. The van der Waals surface area contributed by atoms with E-state index in [1.807, 2.05) is 18.2 Å². The summed E-state index contributed by atoms with van der Waals surface area (Å²) in [6.45, 7) is 0.338. The van der Waals surface area contributed by atoms with E-state index in [-0.39, 0.29) is 11.7 Å². The van der Waals surface area contributed by atoms with Gasteiger partial charge in [-0.1, -0.05) is 12.1 Å². The van der Waals surface area contributed by atoms with E-state index in [2.05, 4.69) is 20.6 Å². The summed E-state index contributed by atoms with van der Waals surface area (Å²) in [7, 11) is 0. The minimum atomic E-state index is -0.321. The second-order valence-corrected chi connectivity index (χ2v) is 5.07. The van der Waals surface area contributed by atoms with Crippen LogP contribution in [-0.4, -0.2) is 15.9 Å². The number of aromatic nitrogens is 2. The Balaban J connectivity index is 1.60. The molecule has 0 spiro atoms. The summed E-state index contributed by atoms with van der Waals surface area (Å²) in [6.07, 6.45) is 3.20. The highest BCUT2D eigenvalue weighted by Crippen LogP contribution is 2.16. The molecule has 0 unspecified atom stereocenters. The Morgan fingerprint density at radius 2 is 1.92 bits per heavy atom. The maximum atomic E-state index is 13.2. The molecule has 0 bridgehead atoms. The zero-order valence-electron chi connectivity index (χ0n) is 12.7. The van der Waals surface area contributed by atoms with Crippen LogP contribution in [0, 0.1) is 5.82 Å². The number of hydrogen-bond donors (Lipinski definition) is 2. The Hall–Kier alpha value is -3.28. The lowest BCUT2D eigenvalue weighted by atomic mass is 10.2. The molecule has 0 radical (unpaired) electrons. The number of benzene rings is 1. The number of nitrogens with one attached hydrogen (secondary N) is 2. The van der Waals surface area contributed by atoms with Gasteiger partial charge in [0.25, 0.3) is 5.91 Å². The third-order valence-corrected chi connectivity index (χ3v) is 3.27. The van der Waals surface area contributed by atoms with Gasteiger partial charge in [-0.05, 0) is 42.5 Å². The lowest BCUT2D eigenvalue weighted by Crippen LogP contribution is -2.24. The first-order chi connectivity index (χ1) is 11.7. The van der Waals surface area contributed by atoms with Crippen LogP contribution < -0.4 is 10.6 Å². The van der Waals surface area contributed by atoms with E-state index in [1.165, 1.54) is 18.3 Å². The summed E-state index contributed by atoms with van der Waals surface area (Å²) < 4.78 is 13.2. The van der Waals surface area contributed by atoms with Gasteiger partial charge in [-0.3, -0.25) is 9.78 Å². The molecule has 24 heavy (non-hydrogen) atoms. The predicted molar refractivity (Wildman–Crippen MR) is 89.3 cm³/mol. The fourth-order valence-corrected chi connectivity index (χ4v) is 2.10. The maximum Gasteiger partial charge on any atom is 0.270 e. The molecule has 0 saturated heterocycles. The first kappa shape index (κ1) is 15.6. The van der Waals surface area contributed by atoms with Gasteiger partial charge < -0.3 is 10.6 Å². The molecule has 2 heterocycles. The molecule has 120 valence electrons. The molecular formula is C18H15FN4O. The van der Waals surface area contributed by atoms with Crippen LogP contribution >= 0.6 is 0 Å². The van der Waals surface area contributed by atoms with E-state index in [0.717, 1.165) is 5.69 Å². The van der Waals surface area contributed by atoms with E-state index in [4.69, 9.17) is 0 Å². The third kappa shape index (κ3) is 4.13. The van der Waals surface area contributed by atoms with Crippen molar-refractivity contribution in [3.05, 3.63) is 84.2 Å². The summed E-state index contributed by atoms with van der Waals surface area (Å²) in [4.78, 5) is 20.3. The van der Waals surface area contributed by atoms with Crippen molar-refractivity contribution in [1.29, 1.82) is 0 Å². The summed E-state index contributed by atoms with van der Waals surface area (Å²) >= 11 is 0. The molecule has 0 aliphatic heterocycles. The van der Waals surface area contributed by atoms with Crippen molar-refractivity contribution in [3.63, 3.8) is 0 Å². The minimum absolute atomic E-state index is 0.280. The van der Waals surface area contributed by atoms with Crippen molar-refractivity contribution < 1.29 is 9.18 Å². The van der Waals surface area contributed by atoms with E-state index in [9.17, 15) is 9.18 Å². The molecule has 0 atom stereocenters.